The van der Waals surface area contributed by atoms with E-state index >= 15 is 0 Å². The van der Waals surface area contributed by atoms with Crippen LogP contribution < -0.4 is 5.32 Å². The first-order valence-electron chi connectivity index (χ1n) is 15.4. The van der Waals surface area contributed by atoms with Gasteiger partial charge >= 0.3 is 0 Å². The van der Waals surface area contributed by atoms with Crippen molar-refractivity contribution in [2.45, 2.75) is 78.5 Å². The van der Waals surface area contributed by atoms with Gasteiger partial charge in [-0.3, -0.25) is 19.2 Å². The summed E-state index contributed by atoms with van der Waals surface area (Å²) in [5.41, 5.74) is -3.24. The lowest BCUT2D eigenvalue weighted by molar-refractivity contribution is -0.116. The standard InChI is InChI=1S/C35H45NO11/c1-15-9-8-10-35(7,47)33(45)20(6)30(42)18(4)29(41)19(5)31(43)21(14-37)11-16(2)27(39)26-25-22(12-17(3)28(26)40)32(44)23(13-24(25)38)36-34(15)46/h8-13,18-21,29-31,33,37,40-43,45,47H,14H2,1-7H3,(H,36,46). The van der Waals surface area contributed by atoms with E-state index in [1.165, 1.54) is 78.8 Å². The fraction of sp³-hybridized carbons (Fsp3) is 0.486. The van der Waals surface area contributed by atoms with E-state index in [0.29, 0.717) is 0 Å². The Hall–Kier alpha value is -3.78. The average Bonchev–Trinajstić information content (AvgIpc) is 3.03. The van der Waals surface area contributed by atoms with Crippen LogP contribution in [0, 0.1) is 30.6 Å². The van der Waals surface area contributed by atoms with Gasteiger partial charge in [0.05, 0.1) is 42.3 Å². The van der Waals surface area contributed by atoms with Crippen molar-refractivity contribution < 1.29 is 54.9 Å². The summed E-state index contributed by atoms with van der Waals surface area (Å²) in [5, 5.41) is 78.8. The first-order valence-corrected chi connectivity index (χ1v) is 15.4. The van der Waals surface area contributed by atoms with Crippen LogP contribution in [0.3, 0.4) is 0 Å². The molecule has 12 nitrogen and oxygen atoms in total. The Bertz CT molecular complexity index is 1570. The van der Waals surface area contributed by atoms with Gasteiger partial charge in [-0.1, -0.05) is 45.1 Å². The van der Waals surface area contributed by atoms with Crippen LogP contribution in [-0.4, -0.2) is 95.6 Å². The topological polar surface area (TPSA) is 222 Å². The van der Waals surface area contributed by atoms with Crippen LogP contribution in [0.25, 0.3) is 0 Å². The Balaban J connectivity index is 2.21. The van der Waals surface area contributed by atoms with E-state index < -0.39 is 94.9 Å². The van der Waals surface area contributed by atoms with E-state index in [1.54, 1.807) is 0 Å². The first kappa shape index (κ1) is 37.7. The molecule has 9 unspecified atom stereocenters. The van der Waals surface area contributed by atoms with Crippen molar-refractivity contribution in [3.63, 3.8) is 0 Å². The maximum absolute atomic E-state index is 13.7. The number of allylic oxidation sites excluding steroid dienone is 5. The average molecular weight is 656 g/mol. The lowest BCUT2D eigenvalue weighted by Crippen LogP contribution is -2.50. The summed E-state index contributed by atoms with van der Waals surface area (Å²) >= 11 is 0. The van der Waals surface area contributed by atoms with E-state index in [4.69, 9.17) is 0 Å². The number of fused-ring (bicyclic) bond motifs is 15. The van der Waals surface area contributed by atoms with Gasteiger partial charge in [0.25, 0.3) is 5.91 Å². The minimum Gasteiger partial charge on any atom is -0.507 e. The Morgan fingerprint density at radius 3 is 2.00 bits per heavy atom. The van der Waals surface area contributed by atoms with Gasteiger partial charge in [0.15, 0.2) is 11.6 Å². The van der Waals surface area contributed by atoms with Crippen molar-refractivity contribution in [1.82, 2.24) is 5.32 Å². The Labute approximate surface area is 273 Å². The van der Waals surface area contributed by atoms with Crippen LogP contribution in [0.5, 0.6) is 5.75 Å². The number of hydrogen-bond acceptors (Lipinski definition) is 11. The van der Waals surface area contributed by atoms with Crippen LogP contribution in [0.2, 0.25) is 0 Å². The summed E-state index contributed by atoms with van der Waals surface area (Å²) in [6, 6.07) is 1.24. The van der Waals surface area contributed by atoms with E-state index in [0.717, 1.165) is 6.08 Å². The van der Waals surface area contributed by atoms with Crippen LogP contribution in [0.1, 0.15) is 78.2 Å². The SMILES string of the molecule is CC1=CC=CC(C)(O)C(O)C(C)C(O)C(C)C(O)C(C)C(O)C(CO)C=C(C)C(=O)c2c(O)c(C)cc3c2C(=O)C=C(NC1=O)C3=O. The molecule has 8 N–H and O–H groups in total. The zero-order chi connectivity index (χ0) is 35.7. The molecule has 47 heavy (non-hydrogen) atoms. The van der Waals surface area contributed by atoms with E-state index in [1.807, 2.05) is 0 Å². The summed E-state index contributed by atoms with van der Waals surface area (Å²) < 4.78 is 0. The maximum atomic E-state index is 13.7. The molecule has 0 saturated heterocycles. The molecule has 4 bridgehead atoms. The number of aliphatic hydroxyl groups is 6. The molecule has 0 aromatic heterocycles. The fourth-order valence-electron chi connectivity index (χ4n) is 6.08. The molecule has 3 aliphatic rings. The molecule has 4 rings (SSSR count). The van der Waals surface area contributed by atoms with Gasteiger partial charge in [0, 0.05) is 46.4 Å². The first-order chi connectivity index (χ1) is 21.8. The Morgan fingerprint density at radius 2 is 1.40 bits per heavy atom. The number of Topliss-reactive ketones (excluding diaryl/α,β-unsaturated/α-hetero) is 2. The third-order valence-corrected chi connectivity index (χ3v) is 9.38. The normalized spacial score (nSPS) is 33.3. The Kier molecular flexibility index (Phi) is 11.7. The third kappa shape index (κ3) is 7.53. The van der Waals surface area contributed by atoms with E-state index in [2.05, 4.69) is 5.32 Å². The summed E-state index contributed by atoms with van der Waals surface area (Å²) in [4.78, 5) is 53.5. The number of aryl methyl sites for hydroxylation is 1. The smallest absolute Gasteiger partial charge is 0.251 e. The number of aliphatic hydroxyl groups excluding tert-OH is 5. The second-order valence-corrected chi connectivity index (χ2v) is 13.0. The molecule has 1 amide bonds. The molecule has 2 aliphatic heterocycles. The second kappa shape index (κ2) is 14.5. The van der Waals surface area contributed by atoms with Crippen molar-refractivity contribution in [2.24, 2.45) is 23.7 Å². The van der Waals surface area contributed by atoms with Gasteiger partial charge in [-0.2, -0.15) is 0 Å². The highest BCUT2D eigenvalue weighted by Gasteiger charge is 2.41. The van der Waals surface area contributed by atoms with Gasteiger partial charge < -0.3 is 41.1 Å². The maximum Gasteiger partial charge on any atom is 0.251 e. The lowest BCUT2D eigenvalue weighted by atomic mass is 9.76. The van der Waals surface area contributed by atoms with Gasteiger partial charge in [0.2, 0.25) is 5.78 Å². The molecule has 9 atom stereocenters. The highest BCUT2D eigenvalue weighted by molar-refractivity contribution is 6.30. The van der Waals surface area contributed by atoms with E-state index in [9.17, 15) is 54.9 Å². The number of hydrogen-bond donors (Lipinski definition) is 8. The van der Waals surface area contributed by atoms with Gasteiger partial charge in [0.1, 0.15) is 11.4 Å². The van der Waals surface area contributed by atoms with Crippen LogP contribution in [-0.2, 0) is 4.79 Å². The number of phenols is 1. The Morgan fingerprint density at radius 1 is 0.830 bits per heavy atom. The highest BCUT2D eigenvalue weighted by atomic mass is 16.3. The highest BCUT2D eigenvalue weighted by Crippen LogP contribution is 2.36. The monoisotopic (exact) mass is 655 g/mol. The van der Waals surface area contributed by atoms with E-state index in [-0.39, 0.29) is 33.5 Å². The lowest BCUT2D eigenvalue weighted by Gasteiger charge is -2.38. The molecule has 0 spiro atoms. The van der Waals surface area contributed by atoms with Crippen molar-refractivity contribution in [3.05, 3.63) is 75.5 Å². The van der Waals surface area contributed by atoms with Gasteiger partial charge in [-0.05, 0) is 44.9 Å². The van der Waals surface area contributed by atoms with Gasteiger partial charge in [-0.15, -0.1) is 0 Å². The molecule has 1 aliphatic carbocycles. The molecule has 2 heterocycles. The molecule has 0 fully saturated rings. The summed E-state index contributed by atoms with van der Waals surface area (Å²) in [6.07, 6.45) is 0.156. The zero-order valence-corrected chi connectivity index (χ0v) is 27.6. The van der Waals surface area contributed by atoms with Crippen LogP contribution in [0.4, 0.5) is 0 Å². The van der Waals surface area contributed by atoms with Crippen molar-refractivity contribution in [1.29, 1.82) is 0 Å². The number of ketones is 3. The number of carbonyl (C=O) groups is 4. The molecule has 256 valence electrons. The number of nitrogens with one attached hydrogen (secondary N) is 1. The van der Waals surface area contributed by atoms with Crippen molar-refractivity contribution in [3.8, 4) is 5.75 Å². The molecule has 0 radical (unpaired) electrons. The predicted molar refractivity (Wildman–Crippen MR) is 171 cm³/mol. The second-order valence-electron chi connectivity index (χ2n) is 13.0. The van der Waals surface area contributed by atoms with Crippen molar-refractivity contribution in [2.75, 3.05) is 6.61 Å². The van der Waals surface area contributed by atoms with Crippen molar-refractivity contribution >= 4 is 23.3 Å². The number of carbonyl (C=O) groups excluding carboxylic acids is 4. The molecule has 12 heteroatoms. The number of phenolic OH excluding ortho intramolecular Hbond substituents is 1. The zero-order valence-electron chi connectivity index (χ0n) is 27.6. The molecular formula is C35H45NO11. The number of amides is 1. The minimum absolute atomic E-state index is 0.0613. The predicted octanol–water partition coefficient (Wildman–Crippen LogP) is 1.44. The van der Waals surface area contributed by atoms with Crippen LogP contribution in [0.15, 0.2) is 53.3 Å². The summed E-state index contributed by atoms with van der Waals surface area (Å²) in [7, 11) is 0. The fourth-order valence-corrected chi connectivity index (χ4v) is 6.08. The summed E-state index contributed by atoms with van der Waals surface area (Å²) in [5.74, 6) is -7.82. The number of rotatable bonds is 1. The van der Waals surface area contributed by atoms with Gasteiger partial charge in [-0.25, -0.2) is 0 Å². The minimum atomic E-state index is -1.91. The summed E-state index contributed by atoms with van der Waals surface area (Å²) in [6.45, 7) is 9.26. The number of aromatic hydroxyl groups is 1. The number of benzene rings is 1. The largest absolute Gasteiger partial charge is 0.507 e. The molecule has 1 aromatic rings. The molecule has 1 aromatic carbocycles. The third-order valence-electron chi connectivity index (χ3n) is 9.38. The quantitative estimate of drug-likeness (QED) is 0.216. The molecule has 0 saturated carbocycles. The molecular weight excluding hydrogens is 610 g/mol. The van der Waals surface area contributed by atoms with Crippen LogP contribution >= 0.6 is 0 Å².